The molecule has 0 radical (unpaired) electrons. The minimum atomic E-state index is -0.388. The summed E-state index contributed by atoms with van der Waals surface area (Å²) in [6, 6.07) is 3.79. The van der Waals surface area contributed by atoms with E-state index in [0.717, 1.165) is 30.6 Å². The summed E-state index contributed by atoms with van der Waals surface area (Å²) in [4.78, 5) is 13.8. The molecule has 1 aromatic rings. The monoisotopic (exact) mass is 250 g/mol. The number of carbonyl (C=O) groups excluding carboxylic acids is 1. The predicted octanol–water partition coefficient (Wildman–Crippen LogP) is 2.60. The number of methoxy groups -OCH3 is 1. The highest BCUT2D eigenvalue weighted by atomic mass is 16.5. The van der Waals surface area contributed by atoms with Crippen LogP contribution in [0.2, 0.25) is 0 Å². The molecule has 0 saturated heterocycles. The summed E-state index contributed by atoms with van der Waals surface area (Å²) in [5.41, 5.74) is 8.74. The number of nitrogens with zero attached hydrogens (tertiary/aromatic N) is 1. The van der Waals surface area contributed by atoms with Gasteiger partial charge in [-0.2, -0.15) is 0 Å². The fraction of sp³-hybridized carbons (Fsp3) is 0.500. The first-order valence-electron chi connectivity index (χ1n) is 6.20. The van der Waals surface area contributed by atoms with Crippen LogP contribution in [0.3, 0.4) is 0 Å². The second-order valence-electron chi connectivity index (χ2n) is 4.49. The lowest BCUT2D eigenvalue weighted by Gasteiger charge is -2.21. The summed E-state index contributed by atoms with van der Waals surface area (Å²) in [6.45, 7) is 5.02. The molecule has 0 amide bonds. The molecule has 100 valence electrons. The maximum atomic E-state index is 11.7. The van der Waals surface area contributed by atoms with Crippen LogP contribution >= 0.6 is 0 Å². The third kappa shape index (κ3) is 3.15. The Kier molecular flexibility index (Phi) is 5.01. The van der Waals surface area contributed by atoms with Crippen molar-refractivity contribution in [2.24, 2.45) is 0 Å². The molecule has 0 saturated carbocycles. The van der Waals surface area contributed by atoms with Gasteiger partial charge in [0.15, 0.2) is 0 Å². The average Bonchev–Trinajstić information content (AvgIpc) is 2.37. The highest BCUT2D eigenvalue weighted by Gasteiger charge is 2.14. The van der Waals surface area contributed by atoms with Gasteiger partial charge in [-0.25, -0.2) is 4.79 Å². The Hall–Kier alpha value is -1.71. The van der Waals surface area contributed by atoms with Gasteiger partial charge in [-0.15, -0.1) is 0 Å². The molecule has 0 heterocycles. The molecule has 1 aromatic carbocycles. The largest absolute Gasteiger partial charge is 0.465 e. The van der Waals surface area contributed by atoms with Gasteiger partial charge in [0.25, 0.3) is 0 Å². The molecule has 0 unspecified atom stereocenters. The van der Waals surface area contributed by atoms with Gasteiger partial charge in [-0.05, 0) is 31.0 Å². The molecule has 0 aliphatic heterocycles. The zero-order valence-electron chi connectivity index (χ0n) is 11.6. The van der Waals surface area contributed by atoms with Gasteiger partial charge in [0.2, 0.25) is 0 Å². The minimum Gasteiger partial charge on any atom is -0.465 e. The van der Waals surface area contributed by atoms with E-state index >= 15 is 0 Å². The summed E-state index contributed by atoms with van der Waals surface area (Å²) in [5.74, 6) is -0.388. The van der Waals surface area contributed by atoms with Crippen LogP contribution in [0.25, 0.3) is 0 Å². The van der Waals surface area contributed by atoms with Crippen LogP contribution in [0.5, 0.6) is 0 Å². The summed E-state index contributed by atoms with van der Waals surface area (Å²) in [7, 11) is 3.38. The Bertz CT molecular complexity index is 430. The van der Waals surface area contributed by atoms with Crippen molar-refractivity contribution in [2.75, 3.05) is 31.3 Å². The quantitative estimate of drug-likeness (QED) is 0.644. The SMILES string of the molecule is CCCCN(C)c1cc(C)c(N)c(C(=O)OC)c1. The van der Waals surface area contributed by atoms with Crippen molar-refractivity contribution in [3.8, 4) is 0 Å². The van der Waals surface area contributed by atoms with Crippen LogP contribution in [0.4, 0.5) is 11.4 Å². The second-order valence-corrected chi connectivity index (χ2v) is 4.49. The Morgan fingerprint density at radius 3 is 2.67 bits per heavy atom. The zero-order chi connectivity index (χ0) is 13.7. The maximum absolute atomic E-state index is 11.7. The van der Waals surface area contributed by atoms with E-state index in [2.05, 4.69) is 11.8 Å². The smallest absolute Gasteiger partial charge is 0.340 e. The van der Waals surface area contributed by atoms with E-state index < -0.39 is 0 Å². The number of aryl methyl sites for hydroxylation is 1. The number of nitrogens with two attached hydrogens (primary N) is 1. The molecule has 1 rings (SSSR count). The molecule has 4 heteroatoms. The average molecular weight is 250 g/mol. The van der Waals surface area contributed by atoms with Crippen LogP contribution < -0.4 is 10.6 Å². The molecule has 0 atom stereocenters. The van der Waals surface area contributed by atoms with E-state index in [9.17, 15) is 4.79 Å². The van der Waals surface area contributed by atoms with E-state index in [1.807, 2.05) is 20.0 Å². The lowest BCUT2D eigenvalue weighted by molar-refractivity contribution is 0.0602. The Labute approximate surface area is 109 Å². The number of carbonyl (C=O) groups is 1. The van der Waals surface area contributed by atoms with Crippen molar-refractivity contribution in [3.63, 3.8) is 0 Å². The summed E-state index contributed by atoms with van der Waals surface area (Å²) in [5, 5.41) is 0. The summed E-state index contributed by atoms with van der Waals surface area (Å²) in [6.07, 6.45) is 2.26. The van der Waals surface area contributed by atoms with Crippen molar-refractivity contribution >= 4 is 17.3 Å². The molecule has 4 nitrogen and oxygen atoms in total. The third-order valence-electron chi connectivity index (χ3n) is 3.06. The predicted molar refractivity (Wildman–Crippen MR) is 75.1 cm³/mol. The van der Waals surface area contributed by atoms with Gasteiger partial charge in [-0.1, -0.05) is 13.3 Å². The van der Waals surface area contributed by atoms with Crippen molar-refractivity contribution in [1.82, 2.24) is 0 Å². The van der Waals surface area contributed by atoms with Crippen molar-refractivity contribution < 1.29 is 9.53 Å². The van der Waals surface area contributed by atoms with Gasteiger partial charge in [-0.3, -0.25) is 0 Å². The van der Waals surface area contributed by atoms with E-state index in [1.165, 1.54) is 7.11 Å². The first-order valence-corrected chi connectivity index (χ1v) is 6.20. The Morgan fingerprint density at radius 2 is 2.11 bits per heavy atom. The standard InChI is InChI=1S/C14H22N2O2/c1-5-6-7-16(3)11-8-10(2)13(15)12(9-11)14(17)18-4/h8-9H,5-7,15H2,1-4H3. The van der Waals surface area contributed by atoms with Crippen LogP contribution in [0, 0.1) is 6.92 Å². The highest BCUT2D eigenvalue weighted by molar-refractivity contribution is 5.97. The second kappa shape index (κ2) is 6.28. The molecule has 0 aliphatic rings. The molecule has 2 N–H and O–H groups in total. The number of anilines is 2. The lowest BCUT2D eigenvalue weighted by atomic mass is 10.1. The molecular formula is C14H22N2O2. The molecule has 0 spiro atoms. The molecule has 18 heavy (non-hydrogen) atoms. The number of ether oxygens (including phenoxy) is 1. The van der Waals surface area contributed by atoms with Crippen molar-refractivity contribution in [3.05, 3.63) is 23.3 Å². The fourth-order valence-corrected chi connectivity index (χ4v) is 1.80. The van der Waals surface area contributed by atoms with E-state index in [4.69, 9.17) is 10.5 Å². The topological polar surface area (TPSA) is 55.6 Å². The normalized spacial score (nSPS) is 10.2. The minimum absolute atomic E-state index is 0.388. The number of esters is 1. The first kappa shape index (κ1) is 14.4. The number of hydrogen-bond acceptors (Lipinski definition) is 4. The Morgan fingerprint density at radius 1 is 1.44 bits per heavy atom. The van der Waals surface area contributed by atoms with Gasteiger partial charge in [0.1, 0.15) is 0 Å². The number of hydrogen-bond donors (Lipinski definition) is 1. The molecule has 0 bridgehead atoms. The maximum Gasteiger partial charge on any atom is 0.340 e. The highest BCUT2D eigenvalue weighted by Crippen LogP contribution is 2.25. The van der Waals surface area contributed by atoms with E-state index in [-0.39, 0.29) is 5.97 Å². The van der Waals surface area contributed by atoms with Crippen molar-refractivity contribution in [2.45, 2.75) is 26.7 Å². The van der Waals surface area contributed by atoms with Gasteiger partial charge < -0.3 is 15.4 Å². The summed E-state index contributed by atoms with van der Waals surface area (Å²) >= 11 is 0. The van der Waals surface area contributed by atoms with Crippen molar-refractivity contribution in [1.29, 1.82) is 0 Å². The lowest BCUT2D eigenvalue weighted by Crippen LogP contribution is -2.19. The van der Waals surface area contributed by atoms with Crippen LogP contribution in [-0.2, 0) is 4.74 Å². The van der Waals surface area contributed by atoms with Gasteiger partial charge in [0, 0.05) is 25.0 Å². The van der Waals surface area contributed by atoms with E-state index in [1.54, 1.807) is 6.07 Å². The number of unbranched alkanes of at least 4 members (excludes halogenated alkanes) is 1. The molecule has 0 aliphatic carbocycles. The number of rotatable bonds is 5. The van der Waals surface area contributed by atoms with Crippen LogP contribution in [0.1, 0.15) is 35.7 Å². The third-order valence-corrected chi connectivity index (χ3v) is 3.06. The van der Waals surface area contributed by atoms with E-state index in [0.29, 0.717) is 11.3 Å². The number of benzene rings is 1. The molecule has 0 fully saturated rings. The molecular weight excluding hydrogens is 228 g/mol. The zero-order valence-corrected chi connectivity index (χ0v) is 11.6. The summed E-state index contributed by atoms with van der Waals surface area (Å²) < 4.78 is 4.75. The molecule has 0 aromatic heterocycles. The number of nitrogen functional groups attached to an aromatic ring is 1. The first-order chi connectivity index (χ1) is 8.51. The fourth-order valence-electron chi connectivity index (χ4n) is 1.80. The van der Waals surface area contributed by atoms with Crippen LogP contribution in [-0.4, -0.2) is 26.7 Å². The van der Waals surface area contributed by atoms with Gasteiger partial charge >= 0.3 is 5.97 Å². The van der Waals surface area contributed by atoms with Gasteiger partial charge in [0.05, 0.1) is 12.7 Å². The van der Waals surface area contributed by atoms with Crippen LogP contribution in [0.15, 0.2) is 12.1 Å². The Balaban J connectivity index is 3.07.